The van der Waals surface area contributed by atoms with Crippen molar-refractivity contribution in [2.45, 2.75) is 18.4 Å². The van der Waals surface area contributed by atoms with Gasteiger partial charge in [0.1, 0.15) is 4.90 Å². The van der Waals surface area contributed by atoms with Crippen molar-refractivity contribution in [1.29, 1.82) is 0 Å². The van der Waals surface area contributed by atoms with E-state index in [-0.39, 0.29) is 11.5 Å². The number of aryl methyl sites for hydroxylation is 1. The highest BCUT2D eigenvalue weighted by Crippen LogP contribution is 2.26. The van der Waals surface area contributed by atoms with Gasteiger partial charge in [-0.05, 0) is 52.7 Å². The van der Waals surface area contributed by atoms with E-state index >= 15 is 0 Å². The Morgan fingerprint density at radius 1 is 1.35 bits per heavy atom. The SMILES string of the molecule is Cc1ncccc1NS(=O)(=O)c1ccc(CO)cc1Br. The van der Waals surface area contributed by atoms with Crippen molar-refractivity contribution < 1.29 is 13.5 Å². The minimum absolute atomic E-state index is 0.109. The molecule has 7 heteroatoms. The number of aliphatic hydroxyl groups excluding tert-OH is 1. The first-order valence-corrected chi connectivity index (χ1v) is 8.05. The lowest BCUT2D eigenvalue weighted by Gasteiger charge is -2.11. The summed E-state index contributed by atoms with van der Waals surface area (Å²) < 4.78 is 27.6. The molecule has 0 aliphatic rings. The third-order valence-corrected chi connectivity index (χ3v) is 5.06. The van der Waals surface area contributed by atoms with E-state index in [2.05, 4.69) is 25.6 Å². The van der Waals surface area contributed by atoms with Crippen LogP contribution in [0.2, 0.25) is 0 Å². The molecular formula is C13H13BrN2O3S. The summed E-state index contributed by atoms with van der Waals surface area (Å²) in [5.41, 5.74) is 1.66. The largest absolute Gasteiger partial charge is 0.392 e. The molecule has 0 spiro atoms. The highest BCUT2D eigenvalue weighted by Gasteiger charge is 2.18. The number of halogens is 1. The molecule has 0 saturated heterocycles. The van der Waals surface area contributed by atoms with Crippen LogP contribution in [0.5, 0.6) is 0 Å². The second-order valence-electron chi connectivity index (χ2n) is 4.16. The highest BCUT2D eigenvalue weighted by molar-refractivity contribution is 9.10. The Labute approximate surface area is 125 Å². The molecular weight excluding hydrogens is 344 g/mol. The summed E-state index contributed by atoms with van der Waals surface area (Å²) in [4.78, 5) is 4.14. The second-order valence-corrected chi connectivity index (χ2v) is 6.67. The summed E-state index contributed by atoms with van der Waals surface area (Å²) in [5, 5.41) is 9.03. The normalized spacial score (nSPS) is 11.3. The van der Waals surface area contributed by atoms with Crippen molar-refractivity contribution in [2.24, 2.45) is 0 Å². The van der Waals surface area contributed by atoms with Crippen LogP contribution >= 0.6 is 15.9 Å². The summed E-state index contributed by atoms with van der Waals surface area (Å²) in [5.74, 6) is 0. The van der Waals surface area contributed by atoms with Crippen LogP contribution < -0.4 is 4.72 Å². The first kappa shape index (κ1) is 15.0. The minimum Gasteiger partial charge on any atom is -0.392 e. The van der Waals surface area contributed by atoms with E-state index in [0.29, 0.717) is 21.4 Å². The maximum absolute atomic E-state index is 12.3. The Balaban J connectivity index is 2.39. The molecule has 0 aliphatic carbocycles. The summed E-state index contributed by atoms with van der Waals surface area (Å²) in [6.07, 6.45) is 1.60. The van der Waals surface area contributed by atoms with Crippen molar-refractivity contribution in [1.82, 2.24) is 4.98 Å². The fraction of sp³-hybridized carbons (Fsp3) is 0.154. The van der Waals surface area contributed by atoms with Gasteiger partial charge < -0.3 is 5.11 Å². The predicted octanol–water partition coefficient (Wildman–Crippen LogP) is 2.45. The number of pyridine rings is 1. The highest BCUT2D eigenvalue weighted by atomic mass is 79.9. The molecule has 1 aromatic carbocycles. The zero-order chi connectivity index (χ0) is 14.8. The lowest BCUT2D eigenvalue weighted by atomic mass is 10.2. The van der Waals surface area contributed by atoms with E-state index in [4.69, 9.17) is 5.11 Å². The molecule has 0 amide bonds. The Kier molecular flexibility index (Phi) is 4.42. The molecule has 0 fully saturated rings. The second kappa shape index (κ2) is 5.90. The fourth-order valence-electron chi connectivity index (χ4n) is 1.65. The van der Waals surface area contributed by atoms with Crippen LogP contribution in [0.25, 0.3) is 0 Å². The molecule has 106 valence electrons. The van der Waals surface area contributed by atoms with Crippen LogP contribution in [0.3, 0.4) is 0 Å². The number of aliphatic hydroxyl groups is 1. The zero-order valence-corrected chi connectivity index (χ0v) is 13.1. The van der Waals surface area contributed by atoms with Gasteiger partial charge in [0, 0.05) is 10.7 Å². The predicted molar refractivity (Wildman–Crippen MR) is 79.8 cm³/mol. The summed E-state index contributed by atoms with van der Waals surface area (Å²) in [6, 6.07) is 7.90. The molecule has 0 radical (unpaired) electrons. The number of rotatable bonds is 4. The van der Waals surface area contributed by atoms with Crippen molar-refractivity contribution in [3.8, 4) is 0 Å². The topological polar surface area (TPSA) is 79.3 Å². The number of hydrogen-bond donors (Lipinski definition) is 2. The molecule has 5 nitrogen and oxygen atoms in total. The van der Waals surface area contributed by atoms with Crippen molar-refractivity contribution in [3.63, 3.8) is 0 Å². The number of anilines is 1. The quantitative estimate of drug-likeness (QED) is 0.881. The maximum atomic E-state index is 12.3. The van der Waals surface area contributed by atoms with Gasteiger partial charge in [-0.2, -0.15) is 0 Å². The van der Waals surface area contributed by atoms with Crippen LogP contribution in [0.1, 0.15) is 11.3 Å². The van der Waals surface area contributed by atoms with Crippen LogP contribution in [0.15, 0.2) is 45.9 Å². The number of sulfonamides is 1. The first-order chi connectivity index (χ1) is 9.44. The molecule has 1 aromatic heterocycles. The molecule has 0 atom stereocenters. The van der Waals surface area contributed by atoms with Gasteiger partial charge in [0.15, 0.2) is 0 Å². The molecule has 2 rings (SSSR count). The van der Waals surface area contributed by atoms with Crippen LogP contribution in [0, 0.1) is 6.92 Å². The Hall–Kier alpha value is -1.44. The molecule has 0 bridgehead atoms. The van der Waals surface area contributed by atoms with Crippen molar-refractivity contribution in [2.75, 3.05) is 4.72 Å². The minimum atomic E-state index is -3.71. The fourth-order valence-corrected chi connectivity index (χ4v) is 3.90. The van der Waals surface area contributed by atoms with E-state index in [1.54, 1.807) is 37.4 Å². The Bertz CT molecular complexity index is 732. The standard InChI is InChI=1S/C13H13BrN2O3S/c1-9-12(3-2-6-15-9)16-20(18,19)13-5-4-10(8-17)7-11(13)14/h2-7,16-17H,8H2,1H3. The van der Waals surface area contributed by atoms with E-state index < -0.39 is 10.0 Å². The lowest BCUT2D eigenvalue weighted by molar-refractivity contribution is 0.281. The molecule has 0 saturated carbocycles. The van der Waals surface area contributed by atoms with Gasteiger partial charge >= 0.3 is 0 Å². The van der Waals surface area contributed by atoms with Gasteiger partial charge in [0.05, 0.1) is 18.0 Å². The molecule has 2 N–H and O–H groups in total. The third kappa shape index (κ3) is 3.17. The van der Waals surface area contributed by atoms with Crippen LogP contribution in [-0.2, 0) is 16.6 Å². The summed E-state index contributed by atoms with van der Waals surface area (Å²) >= 11 is 3.21. The van der Waals surface area contributed by atoms with E-state index in [9.17, 15) is 8.42 Å². The van der Waals surface area contributed by atoms with Crippen molar-refractivity contribution >= 4 is 31.6 Å². The average molecular weight is 357 g/mol. The van der Waals surface area contributed by atoms with Gasteiger partial charge in [-0.25, -0.2) is 8.42 Å². The Morgan fingerprint density at radius 2 is 2.10 bits per heavy atom. The van der Waals surface area contributed by atoms with Crippen molar-refractivity contribution in [3.05, 3.63) is 52.3 Å². The molecule has 20 heavy (non-hydrogen) atoms. The molecule has 0 unspecified atom stereocenters. The third-order valence-electron chi connectivity index (χ3n) is 2.72. The molecule has 2 aromatic rings. The molecule has 1 heterocycles. The molecule has 0 aliphatic heterocycles. The van der Waals surface area contributed by atoms with Gasteiger partial charge in [0.2, 0.25) is 0 Å². The van der Waals surface area contributed by atoms with Gasteiger partial charge in [-0.15, -0.1) is 0 Å². The van der Waals surface area contributed by atoms with Crippen LogP contribution in [-0.4, -0.2) is 18.5 Å². The summed E-state index contributed by atoms with van der Waals surface area (Å²) in [7, 11) is -3.71. The monoisotopic (exact) mass is 356 g/mol. The number of hydrogen-bond acceptors (Lipinski definition) is 4. The number of benzene rings is 1. The number of nitrogens with one attached hydrogen (secondary N) is 1. The van der Waals surface area contributed by atoms with Gasteiger partial charge in [-0.1, -0.05) is 6.07 Å². The van der Waals surface area contributed by atoms with E-state index in [1.807, 2.05) is 0 Å². The smallest absolute Gasteiger partial charge is 0.263 e. The van der Waals surface area contributed by atoms with Gasteiger partial charge in [0.25, 0.3) is 10.0 Å². The number of nitrogens with zero attached hydrogens (tertiary/aromatic N) is 1. The zero-order valence-electron chi connectivity index (χ0n) is 10.7. The van der Waals surface area contributed by atoms with E-state index in [0.717, 1.165) is 0 Å². The lowest BCUT2D eigenvalue weighted by Crippen LogP contribution is -2.14. The van der Waals surface area contributed by atoms with Gasteiger partial charge in [-0.3, -0.25) is 9.71 Å². The maximum Gasteiger partial charge on any atom is 0.263 e. The first-order valence-electron chi connectivity index (χ1n) is 5.78. The van der Waals surface area contributed by atoms with Crippen LogP contribution in [0.4, 0.5) is 5.69 Å². The number of aromatic nitrogens is 1. The Morgan fingerprint density at radius 3 is 2.70 bits per heavy atom. The van der Waals surface area contributed by atoms with E-state index in [1.165, 1.54) is 6.07 Å². The summed E-state index contributed by atoms with van der Waals surface area (Å²) in [6.45, 7) is 1.58. The average Bonchev–Trinajstić information content (AvgIpc) is 2.40.